The molecule has 0 aliphatic carbocycles. The van der Waals surface area contributed by atoms with Gasteiger partial charge in [0, 0.05) is 38.6 Å². The Kier molecular flexibility index (Phi) is 3.39. The quantitative estimate of drug-likeness (QED) is 0.799. The fourth-order valence-electron chi connectivity index (χ4n) is 2.81. The van der Waals surface area contributed by atoms with Crippen molar-refractivity contribution in [1.29, 1.82) is 0 Å². The Labute approximate surface area is 121 Å². The molecule has 1 spiro atoms. The van der Waals surface area contributed by atoms with E-state index >= 15 is 0 Å². The zero-order chi connectivity index (χ0) is 15.0. The van der Waals surface area contributed by atoms with Crippen molar-refractivity contribution in [3.05, 3.63) is 34.9 Å². The number of hydrogen-bond donors (Lipinski definition) is 0. The number of likely N-dealkylation sites (tertiary alicyclic amines) is 1. The van der Waals surface area contributed by atoms with Crippen LogP contribution in [0.25, 0.3) is 0 Å². The summed E-state index contributed by atoms with van der Waals surface area (Å²) in [6.07, 6.45) is 3.68. The van der Waals surface area contributed by atoms with Gasteiger partial charge in [-0.1, -0.05) is 11.2 Å². The molecule has 2 heterocycles. The molecule has 2 aliphatic rings. The van der Waals surface area contributed by atoms with Crippen molar-refractivity contribution in [3.63, 3.8) is 0 Å². The van der Waals surface area contributed by atoms with Crippen LogP contribution < -0.4 is 0 Å². The zero-order valence-electron chi connectivity index (χ0n) is 11.7. The van der Waals surface area contributed by atoms with Gasteiger partial charge >= 0.3 is 0 Å². The van der Waals surface area contributed by atoms with Gasteiger partial charge in [-0.3, -0.25) is 4.79 Å². The Morgan fingerprint density at radius 3 is 2.67 bits per heavy atom. The van der Waals surface area contributed by atoms with Crippen LogP contribution in [0.4, 0.5) is 8.78 Å². The molecular weight excluding hydrogens is 278 g/mol. The maximum absolute atomic E-state index is 14.0. The Morgan fingerprint density at radius 2 is 2.05 bits per heavy atom. The minimum Gasteiger partial charge on any atom is -0.389 e. The molecule has 2 aliphatic heterocycles. The largest absolute Gasteiger partial charge is 0.389 e. The van der Waals surface area contributed by atoms with Gasteiger partial charge in [-0.05, 0) is 18.6 Å². The van der Waals surface area contributed by atoms with E-state index in [-0.39, 0.29) is 11.2 Å². The molecule has 4 nitrogen and oxygen atoms in total. The lowest BCUT2D eigenvalue weighted by Gasteiger charge is -2.37. The molecule has 0 saturated carbocycles. The van der Waals surface area contributed by atoms with E-state index in [1.54, 1.807) is 6.21 Å². The molecule has 1 aromatic rings. The molecule has 21 heavy (non-hydrogen) atoms. The van der Waals surface area contributed by atoms with Crippen LogP contribution in [-0.2, 0) is 4.84 Å². The summed E-state index contributed by atoms with van der Waals surface area (Å²) in [7, 11) is 0. The Morgan fingerprint density at radius 1 is 1.33 bits per heavy atom. The van der Waals surface area contributed by atoms with Gasteiger partial charge in [0.2, 0.25) is 0 Å². The molecule has 0 aromatic heterocycles. The maximum Gasteiger partial charge on any atom is 0.259 e. The highest BCUT2D eigenvalue weighted by atomic mass is 19.1. The van der Waals surface area contributed by atoms with Gasteiger partial charge in [-0.25, -0.2) is 8.78 Å². The summed E-state index contributed by atoms with van der Waals surface area (Å²) in [5, 5.41) is 3.78. The van der Waals surface area contributed by atoms with E-state index in [0.29, 0.717) is 25.9 Å². The minimum absolute atomic E-state index is 0.265. The number of amides is 1. The third-order valence-corrected chi connectivity index (χ3v) is 4.24. The number of oxime groups is 1. The molecule has 3 rings (SSSR count). The normalized spacial score (nSPS) is 19.9. The third kappa shape index (κ3) is 2.39. The number of aryl methyl sites for hydroxylation is 1. The standard InChI is InChI=1S/C15H16F2N2O2/c1-10-2-3-11(16)12(13(10)17)14(20)19-8-5-15(6-9-19)4-7-18-21-15/h2-3,7H,4-6,8-9H2,1H3. The number of hydrogen-bond acceptors (Lipinski definition) is 3. The Bertz CT molecular complexity index is 598. The summed E-state index contributed by atoms with van der Waals surface area (Å²) in [6, 6.07) is 2.46. The topological polar surface area (TPSA) is 41.9 Å². The minimum atomic E-state index is -0.816. The van der Waals surface area contributed by atoms with E-state index in [1.807, 2.05) is 0 Å². The summed E-state index contributed by atoms with van der Waals surface area (Å²) in [5.74, 6) is -2.19. The van der Waals surface area contributed by atoms with Gasteiger partial charge in [0.1, 0.15) is 22.8 Å². The second kappa shape index (κ2) is 5.09. The first-order valence-corrected chi connectivity index (χ1v) is 6.96. The first-order chi connectivity index (χ1) is 10.0. The van der Waals surface area contributed by atoms with Crippen molar-refractivity contribution in [2.75, 3.05) is 13.1 Å². The number of rotatable bonds is 1. The van der Waals surface area contributed by atoms with E-state index in [2.05, 4.69) is 5.16 Å². The molecular formula is C15H16F2N2O2. The fraction of sp³-hybridized carbons (Fsp3) is 0.467. The second-order valence-corrected chi connectivity index (χ2v) is 5.61. The molecule has 1 fully saturated rings. The van der Waals surface area contributed by atoms with Crippen LogP contribution in [0.15, 0.2) is 17.3 Å². The van der Waals surface area contributed by atoms with Crippen LogP contribution in [0.3, 0.4) is 0 Å². The van der Waals surface area contributed by atoms with Crippen LogP contribution in [0.1, 0.15) is 35.2 Å². The van der Waals surface area contributed by atoms with Gasteiger partial charge < -0.3 is 9.74 Å². The molecule has 0 bridgehead atoms. The zero-order valence-corrected chi connectivity index (χ0v) is 11.7. The predicted octanol–water partition coefficient (Wildman–Crippen LogP) is 2.65. The smallest absolute Gasteiger partial charge is 0.259 e. The lowest BCUT2D eigenvalue weighted by molar-refractivity contribution is -0.0569. The van der Waals surface area contributed by atoms with Crippen molar-refractivity contribution in [3.8, 4) is 0 Å². The summed E-state index contributed by atoms with van der Waals surface area (Å²) in [4.78, 5) is 19.2. The van der Waals surface area contributed by atoms with Gasteiger partial charge in [-0.2, -0.15) is 0 Å². The van der Waals surface area contributed by atoms with E-state index in [9.17, 15) is 13.6 Å². The third-order valence-electron chi connectivity index (χ3n) is 4.24. The Hall–Kier alpha value is -1.98. The monoisotopic (exact) mass is 294 g/mol. The van der Waals surface area contributed by atoms with E-state index in [0.717, 1.165) is 12.5 Å². The number of benzene rings is 1. The van der Waals surface area contributed by atoms with E-state index < -0.39 is 23.1 Å². The highest BCUT2D eigenvalue weighted by molar-refractivity contribution is 5.95. The summed E-state index contributed by atoms with van der Waals surface area (Å²) in [6.45, 7) is 2.34. The molecule has 0 radical (unpaired) electrons. The second-order valence-electron chi connectivity index (χ2n) is 5.61. The van der Waals surface area contributed by atoms with Gasteiger partial charge in [0.05, 0.1) is 0 Å². The van der Waals surface area contributed by atoms with E-state index in [4.69, 9.17) is 4.84 Å². The van der Waals surface area contributed by atoms with Crippen molar-refractivity contribution < 1.29 is 18.4 Å². The molecule has 1 aromatic carbocycles. The number of carbonyl (C=O) groups is 1. The van der Waals surface area contributed by atoms with Crippen molar-refractivity contribution in [1.82, 2.24) is 4.90 Å². The molecule has 1 amide bonds. The van der Waals surface area contributed by atoms with Gasteiger partial charge in [-0.15, -0.1) is 0 Å². The lowest BCUT2D eigenvalue weighted by Crippen LogP contribution is -2.46. The fourth-order valence-corrected chi connectivity index (χ4v) is 2.81. The van der Waals surface area contributed by atoms with Crippen molar-refractivity contribution >= 4 is 12.1 Å². The molecule has 112 valence electrons. The summed E-state index contributed by atoms with van der Waals surface area (Å²) < 4.78 is 27.8. The summed E-state index contributed by atoms with van der Waals surface area (Å²) in [5.41, 5.74) is -0.532. The van der Waals surface area contributed by atoms with Crippen molar-refractivity contribution in [2.45, 2.75) is 31.8 Å². The van der Waals surface area contributed by atoms with Gasteiger partial charge in [0.15, 0.2) is 0 Å². The summed E-state index contributed by atoms with van der Waals surface area (Å²) >= 11 is 0. The number of piperidine rings is 1. The van der Waals surface area contributed by atoms with Gasteiger partial charge in [0.25, 0.3) is 5.91 Å². The molecule has 0 atom stereocenters. The van der Waals surface area contributed by atoms with Crippen LogP contribution in [-0.4, -0.2) is 35.7 Å². The van der Waals surface area contributed by atoms with Crippen molar-refractivity contribution in [2.24, 2.45) is 5.16 Å². The highest BCUT2D eigenvalue weighted by Crippen LogP contribution is 2.33. The predicted molar refractivity (Wildman–Crippen MR) is 73.2 cm³/mol. The highest BCUT2D eigenvalue weighted by Gasteiger charge is 2.40. The number of nitrogens with zero attached hydrogens (tertiary/aromatic N) is 2. The molecule has 1 saturated heterocycles. The molecule has 0 N–H and O–H groups in total. The first-order valence-electron chi connectivity index (χ1n) is 6.96. The SMILES string of the molecule is Cc1ccc(F)c(C(=O)N2CCC3(CC=NO3)CC2)c1F. The van der Waals surface area contributed by atoms with Crippen LogP contribution in [0, 0.1) is 18.6 Å². The molecule has 0 unspecified atom stereocenters. The number of carbonyl (C=O) groups excluding carboxylic acids is 1. The molecule has 6 heteroatoms. The lowest BCUT2D eigenvalue weighted by atomic mass is 9.88. The van der Waals surface area contributed by atoms with E-state index in [1.165, 1.54) is 17.9 Å². The first kappa shape index (κ1) is 14.0. The Balaban J connectivity index is 1.77. The van der Waals surface area contributed by atoms with Crippen LogP contribution in [0.2, 0.25) is 0 Å². The average molecular weight is 294 g/mol. The average Bonchev–Trinajstić information content (AvgIpc) is 2.92. The number of halogens is 2. The maximum atomic E-state index is 14.0. The van der Waals surface area contributed by atoms with Crippen LogP contribution >= 0.6 is 0 Å². The van der Waals surface area contributed by atoms with Crippen LogP contribution in [0.5, 0.6) is 0 Å².